The Balaban J connectivity index is 1.70. The van der Waals surface area contributed by atoms with Crippen molar-refractivity contribution in [3.63, 3.8) is 0 Å². The van der Waals surface area contributed by atoms with Gasteiger partial charge < -0.3 is 9.15 Å². The molecular weight excluding hydrogens is 330 g/mol. The van der Waals surface area contributed by atoms with Crippen molar-refractivity contribution in [3.05, 3.63) is 48.0 Å². The Morgan fingerprint density at radius 3 is 2.69 bits per heavy atom. The van der Waals surface area contributed by atoms with Crippen molar-refractivity contribution in [2.75, 3.05) is 7.11 Å². The minimum atomic E-state index is -0.0388. The number of carbonyl (C=O) groups excluding carboxylic acids is 1. The zero-order valence-electron chi connectivity index (χ0n) is 14.7. The lowest BCUT2D eigenvalue weighted by atomic mass is 9.90. The van der Waals surface area contributed by atoms with E-state index >= 15 is 0 Å². The summed E-state index contributed by atoms with van der Waals surface area (Å²) in [5.74, 6) is 1.43. The Hall–Kier alpha value is -3.15. The summed E-state index contributed by atoms with van der Waals surface area (Å²) in [4.78, 5) is 16.1. The lowest BCUT2D eigenvalue weighted by molar-refractivity contribution is -0.122. The second kappa shape index (κ2) is 6.63. The van der Waals surface area contributed by atoms with Gasteiger partial charge in [-0.2, -0.15) is 5.10 Å². The van der Waals surface area contributed by atoms with Crippen LogP contribution in [0.3, 0.4) is 0 Å². The molecule has 1 aromatic heterocycles. The van der Waals surface area contributed by atoms with Gasteiger partial charge in [0.2, 0.25) is 11.8 Å². The number of rotatable bonds is 4. The fourth-order valence-corrected chi connectivity index (χ4v) is 3.16. The van der Waals surface area contributed by atoms with Crippen LogP contribution in [0.5, 0.6) is 5.75 Å². The predicted octanol–water partition coefficient (Wildman–Crippen LogP) is 3.75. The Bertz CT molecular complexity index is 989. The monoisotopic (exact) mass is 349 g/mol. The van der Waals surface area contributed by atoms with E-state index in [2.05, 4.69) is 22.4 Å². The minimum absolute atomic E-state index is 0.0388. The van der Waals surface area contributed by atoms with Crippen molar-refractivity contribution in [2.45, 2.75) is 19.8 Å². The van der Waals surface area contributed by atoms with E-state index < -0.39 is 0 Å². The van der Waals surface area contributed by atoms with Crippen LogP contribution >= 0.6 is 0 Å². The van der Waals surface area contributed by atoms with Crippen molar-refractivity contribution in [3.8, 4) is 17.2 Å². The molecule has 6 heteroatoms. The molecule has 1 aliphatic heterocycles. The smallest absolute Gasteiger partial charge is 0.240 e. The summed E-state index contributed by atoms with van der Waals surface area (Å²) >= 11 is 0. The first-order valence-corrected chi connectivity index (χ1v) is 8.59. The van der Waals surface area contributed by atoms with Crippen molar-refractivity contribution in [1.29, 1.82) is 0 Å². The third kappa shape index (κ3) is 2.94. The van der Waals surface area contributed by atoms with Crippen LogP contribution < -0.4 is 10.2 Å². The quantitative estimate of drug-likeness (QED) is 0.778. The average Bonchev–Trinajstić information content (AvgIpc) is 3.11. The van der Waals surface area contributed by atoms with E-state index in [1.54, 1.807) is 7.11 Å². The van der Waals surface area contributed by atoms with Gasteiger partial charge in [-0.25, -0.2) is 10.4 Å². The normalized spacial score (nSPS) is 17.1. The minimum Gasteiger partial charge on any atom is -0.497 e. The Labute approximate surface area is 150 Å². The van der Waals surface area contributed by atoms with Crippen LogP contribution in [0.1, 0.15) is 25.3 Å². The van der Waals surface area contributed by atoms with Crippen LogP contribution in [0.2, 0.25) is 0 Å². The highest BCUT2D eigenvalue weighted by Crippen LogP contribution is 2.28. The number of hydrogen-bond donors (Lipinski definition) is 1. The molecule has 0 aliphatic carbocycles. The molecule has 1 amide bonds. The van der Waals surface area contributed by atoms with E-state index in [-0.39, 0.29) is 11.8 Å². The Kier molecular flexibility index (Phi) is 4.16. The second-order valence-electron chi connectivity index (χ2n) is 6.27. The Morgan fingerprint density at radius 1 is 1.19 bits per heavy atom. The van der Waals surface area contributed by atoms with Crippen LogP contribution in [-0.2, 0) is 4.79 Å². The SMILES string of the molecule is CCC1CC(=O)NN=C1c1ccc2nc(-c3ccc(OC)cc3)oc2c1. The molecule has 1 aliphatic rings. The molecule has 6 nitrogen and oxygen atoms in total. The number of aromatic nitrogens is 1. The van der Waals surface area contributed by atoms with Crippen LogP contribution in [0.15, 0.2) is 52.0 Å². The lowest BCUT2D eigenvalue weighted by Gasteiger charge is -2.21. The fourth-order valence-electron chi connectivity index (χ4n) is 3.16. The average molecular weight is 349 g/mol. The molecule has 4 rings (SSSR count). The number of methoxy groups -OCH3 is 1. The van der Waals surface area contributed by atoms with Crippen molar-refractivity contribution in [1.82, 2.24) is 10.4 Å². The molecule has 1 N–H and O–H groups in total. The number of nitrogens with zero attached hydrogens (tertiary/aromatic N) is 2. The largest absolute Gasteiger partial charge is 0.497 e. The van der Waals surface area contributed by atoms with Gasteiger partial charge in [0.25, 0.3) is 0 Å². The molecule has 0 spiro atoms. The summed E-state index contributed by atoms with van der Waals surface area (Å²) in [6, 6.07) is 13.4. The summed E-state index contributed by atoms with van der Waals surface area (Å²) in [6.07, 6.45) is 1.32. The summed E-state index contributed by atoms with van der Waals surface area (Å²) in [5.41, 5.74) is 6.78. The summed E-state index contributed by atoms with van der Waals surface area (Å²) in [7, 11) is 1.63. The van der Waals surface area contributed by atoms with E-state index in [0.717, 1.165) is 34.5 Å². The number of nitrogens with one attached hydrogen (secondary N) is 1. The zero-order chi connectivity index (χ0) is 18.1. The highest BCUT2D eigenvalue weighted by Gasteiger charge is 2.24. The Morgan fingerprint density at radius 2 is 1.96 bits per heavy atom. The number of carbonyl (C=O) groups is 1. The number of oxazole rings is 1. The van der Waals surface area contributed by atoms with E-state index in [1.807, 2.05) is 42.5 Å². The van der Waals surface area contributed by atoms with Gasteiger partial charge in [-0.3, -0.25) is 4.79 Å². The third-order valence-electron chi connectivity index (χ3n) is 4.63. The fraction of sp³-hybridized carbons (Fsp3) is 0.250. The maximum absolute atomic E-state index is 11.6. The van der Waals surface area contributed by atoms with E-state index in [1.165, 1.54) is 0 Å². The van der Waals surface area contributed by atoms with E-state index in [9.17, 15) is 4.79 Å². The lowest BCUT2D eigenvalue weighted by Crippen LogP contribution is -2.33. The van der Waals surface area contributed by atoms with Crippen LogP contribution in [0.25, 0.3) is 22.6 Å². The van der Waals surface area contributed by atoms with Gasteiger partial charge in [-0.1, -0.05) is 13.0 Å². The predicted molar refractivity (Wildman–Crippen MR) is 99.1 cm³/mol. The highest BCUT2D eigenvalue weighted by atomic mass is 16.5. The first-order chi connectivity index (χ1) is 12.7. The molecule has 0 saturated heterocycles. The van der Waals surface area contributed by atoms with Crippen molar-refractivity contribution >= 4 is 22.7 Å². The molecule has 0 bridgehead atoms. The van der Waals surface area contributed by atoms with Gasteiger partial charge in [0, 0.05) is 23.5 Å². The molecule has 1 atom stereocenters. The maximum atomic E-state index is 11.6. The summed E-state index contributed by atoms with van der Waals surface area (Å²) in [6.45, 7) is 2.06. The molecule has 1 unspecified atom stereocenters. The molecule has 0 radical (unpaired) electrons. The van der Waals surface area contributed by atoms with E-state index in [4.69, 9.17) is 9.15 Å². The summed E-state index contributed by atoms with van der Waals surface area (Å²) in [5, 5.41) is 4.26. The topological polar surface area (TPSA) is 76.7 Å². The molecular formula is C20H19N3O3. The first-order valence-electron chi connectivity index (χ1n) is 8.59. The highest BCUT2D eigenvalue weighted by molar-refractivity contribution is 6.07. The maximum Gasteiger partial charge on any atom is 0.240 e. The molecule has 0 fully saturated rings. The number of fused-ring (bicyclic) bond motifs is 1. The zero-order valence-corrected chi connectivity index (χ0v) is 14.7. The van der Waals surface area contributed by atoms with E-state index in [0.29, 0.717) is 17.9 Å². The molecule has 3 aromatic rings. The van der Waals surface area contributed by atoms with Gasteiger partial charge in [0.15, 0.2) is 5.58 Å². The number of hydrogen-bond acceptors (Lipinski definition) is 5. The first kappa shape index (κ1) is 16.3. The van der Waals surface area contributed by atoms with Crippen LogP contribution in [0, 0.1) is 5.92 Å². The standard InChI is InChI=1S/C20H19N3O3/c1-3-12-11-18(24)22-23-19(12)14-6-9-16-17(10-14)26-20(21-16)13-4-7-15(25-2)8-5-13/h4-10,12H,3,11H2,1-2H3,(H,22,24). The number of hydrazone groups is 1. The van der Waals surface area contributed by atoms with Crippen molar-refractivity contribution < 1.29 is 13.9 Å². The van der Waals surface area contributed by atoms with Gasteiger partial charge in [-0.05, 0) is 42.8 Å². The van der Waals surface area contributed by atoms with Crippen LogP contribution in [0.4, 0.5) is 0 Å². The molecule has 26 heavy (non-hydrogen) atoms. The third-order valence-corrected chi connectivity index (χ3v) is 4.63. The molecule has 2 aromatic carbocycles. The molecule has 0 saturated carbocycles. The number of amides is 1. The molecule has 2 heterocycles. The van der Waals surface area contributed by atoms with Crippen molar-refractivity contribution in [2.24, 2.45) is 11.0 Å². The number of ether oxygens (including phenoxy) is 1. The van der Waals surface area contributed by atoms with Gasteiger partial charge in [0.1, 0.15) is 11.3 Å². The second-order valence-corrected chi connectivity index (χ2v) is 6.27. The number of benzene rings is 2. The van der Waals surface area contributed by atoms with Gasteiger partial charge >= 0.3 is 0 Å². The summed E-state index contributed by atoms with van der Waals surface area (Å²) < 4.78 is 11.1. The van der Waals surface area contributed by atoms with Gasteiger partial charge in [0.05, 0.1) is 12.8 Å². The molecule has 132 valence electrons. The van der Waals surface area contributed by atoms with Crippen LogP contribution in [-0.4, -0.2) is 23.7 Å². The van der Waals surface area contributed by atoms with Gasteiger partial charge in [-0.15, -0.1) is 0 Å².